The number of carbonyl (C=O) groups is 6. The maximum Gasteiger partial charge on any atom is 0.315 e. The molecule has 3 saturated carbocycles. The Balaban J connectivity index is 1.34. The van der Waals surface area contributed by atoms with E-state index in [0.717, 1.165) is 64.2 Å². The lowest BCUT2D eigenvalue weighted by molar-refractivity contribution is -0.145. The van der Waals surface area contributed by atoms with Gasteiger partial charge in [-0.05, 0) is 66.6 Å². The molecule has 2 saturated heterocycles. The van der Waals surface area contributed by atoms with Crippen LogP contribution < -0.4 is 21.3 Å². The van der Waals surface area contributed by atoms with Gasteiger partial charge in [0.2, 0.25) is 23.5 Å². The maximum absolute atomic E-state index is 14.7. The van der Waals surface area contributed by atoms with Gasteiger partial charge in [-0.25, -0.2) is 4.79 Å². The molecule has 2 aliphatic heterocycles. The Hall–Kier alpha value is -3.44. The second kappa shape index (κ2) is 16.1. The van der Waals surface area contributed by atoms with Crippen molar-refractivity contribution in [3.8, 4) is 0 Å². The van der Waals surface area contributed by atoms with Crippen molar-refractivity contribution in [1.82, 2.24) is 31.1 Å². The van der Waals surface area contributed by atoms with E-state index in [1.54, 1.807) is 4.90 Å². The maximum atomic E-state index is 14.7. The molecule has 12 heteroatoms. The van der Waals surface area contributed by atoms with E-state index in [4.69, 9.17) is 0 Å². The van der Waals surface area contributed by atoms with Crippen LogP contribution in [0.4, 0.5) is 4.79 Å². The van der Waals surface area contributed by atoms with Crippen molar-refractivity contribution in [3.05, 3.63) is 12.7 Å². The van der Waals surface area contributed by atoms with Gasteiger partial charge in [0, 0.05) is 32.6 Å². The highest BCUT2D eigenvalue weighted by molar-refractivity contribution is 6.38. The molecule has 1 unspecified atom stereocenters. The van der Waals surface area contributed by atoms with Gasteiger partial charge >= 0.3 is 6.03 Å². The minimum Gasteiger partial charge on any atom is -0.346 e. The minimum atomic E-state index is -0.982. The Kier molecular flexibility index (Phi) is 12.2. The van der Waals surface area contributed by atoms with Gasteiger partial charge in [-0.1, -0.05) is 79.2 Å². The quantitative estimate of drug-likeness (QED) is 0.159. The second-order valence-electron chi connectivity index (χ2n) is 17.6. The number of hydrogen-bond donors (Lipinski definition) is 4. The fourth-order valence-electron chi connectivity index (χ4n) is 8.95. The molecular formula is C39H62N6O6. The Labute approximate surface area is 304 Å². The van der Waals surface area contributed by atoms with Crippen LogP contribution in [0.2, 0.25) is 0 Å². The zero-order valence-electron chi connectivity index (χ0n) is 31.6. The summed E-state index contributed by atoms with van der Waals surface area (Å²) in [7, 11) is 0. The number of hydrogen-bond acceptors (Lipinski definition) is 6. The first kappa shape index (κ1) is 38.8. The van der Waals surface area contributed by atoms with Gasteiger partial charge in [-0.2, -0.15) is 0 Å². The van der Waals surface area contributed by atoms with Crippen LogP contribution in [0, 0.1) is 34.5 Å². The third-order valence-electron chi connectivity index (χ3n) is 12.7. The highest BCUT2D eigenvalue weighted by atomic mass is 16.2. The van der Waals surface area contributed by atoms with Gasteiger partial charge in [0.05, 0.1) is 12.1 Å². The fraction of sp³-hybridized carbons (Fsp3) is 0.795. The molecule has 0 spiro atoms. The monoisotopic (exact) mass is 710 g/mol. The van der Waals surface area contributed by atoms with E-state index in [1.165, 1.54) is 6.08 Å². The third-order valence-corrected chi connectivity index (χ3v) is 12.7. The van der Waals surface area contributed by atoms with Crippen LogP contribution in [0.3, 0.4) is 0 Å². The van der Waals surface area contributed by atoms with E-state index in [1.807, 2.05) is 25.7 Å². The van der Waals surface area contributed by atoms with Gasteiger partial charge in [-0.3, -0.25) is 24.0 Å². The average molecular weight is 711 g/mol. The van der Waals surface area contributed by atoms with Crippen LogP contribution >= 0.6 is 0 Å². The van der Waals surface area contributed by atoms with Crippen LogP contribution in [0.1, 0.15) is 112 Å². The molecule has 5 rings (SSSR count). The molecule has 2 heterocycles. The number of piperidine rings is 2. The molecule has 0 bridgehead atoms. The van der Waals surface area contributed by atoms with Crippen molar-refractivity contribution in [2.75, 3.05) is 26.2 Å². The molecule has 0 radical (unpaired) electrons. The Bertz CT molecular complexity index is 1350. The number of rotatable bonds is 14. The number of nitrogens with one attached hydrogen (secondary N) is 4. The molecule has 51 heavy (non-hydrogen) atoms. The molecule has 5 aliphatic rings. The number of urea groups is 1. The zero-order valence-corrected chi connectivity index (χ0v) is 31.6. The largest absolute Gasteiger partial charge is 0.346 e. The molecular weight excluding hydrogens is 648 g/mol. The summed E-state index contributed by atoms with van der Waals surface area (Å²) in [5.74, 6) is -1.84. The van der Waals surface area contributed by atoms with Crippen LogP contribution in [0.15, 0.2) is 12.7 Å². The molecule has 4 N–H and O–H groups in total. The van der Waals surface area contributed by atoms with Gasteiger partial charge in [0.15, 0.2) is 0 Å². The molecule has 5 fully saturated rings. The lowest BCUT2D eigenvalue weighted by atomic mass is 9.80. The summed E-state index contributed by atoms with van der Waals surface area (Å²) in [6.45, 7) is 15.5. The Morgan fingerprint density at radius 3 is 2.25 bits per heavy atom. The van der Waals surface area contributed by atoms with Crippen molar-refractivity contribution >= 4 is 35.4 Å². The first-order valence-corrected chi connectivity index (χ1v) is 19.5. The van der Waals surface area contributed by atoms with E-state index in [2.05, 4.69) is 41.7 Å². The first-order chi connectivity index (χ1) is 24.1. The number of likely N-dealkylation sites (tertiary alicyclic amines) is 2. The Morgan fingerprint density at radius 1 is 0.941 bits per heavy atom. The number of Topliss-reactive ketones (excluding diaryl/α,β-unsaturated/α-hetero) is 1. The number of nitrogens with zero attached hydrogens (tertiary/aromatic N) is 2. The van der Waals surface area contributed by atoms with E-state index in [9.17, 15) is 28.8 Å². The standard InChI is InChI=1S/C39H62N6O6/c1-7-19-40-35(49)33(47)27(21-24-14-13-15-24)41-34(48)32-30-26(39(30,5)6)22-45(32)36(50)31(25-16-9-8-10-17-25)43-37(51)42-28(38(2,3)4)23-44-20-12-11-18-29(44)46/h7,24-28,30-32H,1,8-23H2,2-6H3,(H,40,49)(H,41,48)(H2,42,43,51)/t26-,27?,28+,30-,31-,32-/m0/s1. The fourth-order valence-corrected chi connectivity index (χ4v) is 8.95. The van der Waals surface area contributed by atoms with Crippen LogP contribution in [-0.4, -0.2) is 95.6 Å². The zero-order chi connectivity index (χ0) is 37.1. The number of ketones is 1. The van der Waals surface area contributed by atoms with Gasteiger partial charge in [0.1, 0.15) is 12.1 Å². The molecule has 0 aromatic rings. The van der Waals surface area contributed by atoms with Crippen LogP contribution in [-0.2, 0) is 24.0 Å². The third kappa shape index (κ3) is 8.96. The predicted molar refractivity (Wildman–Crippen MR) is 194 cm³/mol. The van der Waals surface area contributed by atoms with Gasteiger partial charge < -0.3 is 31.1 Å². The summed E-state index contributed by atoms with van der Waals surface area (Å²) in [6, 6.07) is -3.41. The van der Waals surface area contributed by atoms with Crippen LogP contribution in [0.5, 0.6) is 0 Å². The lowest BCUT2D eigenvalue weighted by Crippen LogP contribution is -2.62. The summed E-state index contributed by atoms with van der Waals surface area (Å²) >= 11 is 0. The van der Waals surface area contributed by atoms with Crippen molar-refractivity contribution < 1.29 is 28.8 Å². The summed E-state index contributed by atoms with van der Waals surface area (Å²) < 4.78 is 0. The number of fused-ring (bicyclic) bond motifs is 1. The van der Waals surface area contributed by atoms with Crippen molar-refractivity contribution in [2.45, 2.75) is 136 Å². The summed E-state index contributed by atoms with van der Waals surface area (Å²) in [5, 5.41) is 11.7. The molecule has 3 aliphatic carbocycles. The molecule has 0 aromatic heterocycles. The SMILES string of the molecule is C=CCNC(=O)C(=O)C(CC1CCC1)NC(=O)[C@@H]1[C@@H]2[C@H](CN1C(=O)[C@@H](NC(=O)N[C@H](CN1CCCCC1=O)C(C)(C)C)C1CCCCC1)C2(C)C. The second-order valence-corrected chi connectivity index (χ2v) is 17.6. The number of amides is 6. The molecule has 6 amide bonds. The topological polar surface area (TPSA) is 157 Å². The number of carbonyl (C=O) groups excluding carboxylic acids is 6. The molecule has 284 valence electrons. The normalized spacial score (nSPS) is 26.5. The average Bonchev–Trinajstić information content (AvgIpc) is 3.37. The Morgan fingerprint density at radius 2 is 1.65 bits per heavy atom. The van der Waals surface area contributed by atoms with E-state index in [0.29, 0.717) is 32.5 Å². The molecule has 6 atom stereocenters. The molecule has 12 nitrogen and oxygen atoms in total. The molecule has 0 aromatic carbocycles. The minimum absolute atomic E-state index is 0.0797. The highest BCUT2D eigenvalue weighted by Gasteiger charge is 2.69. The first-order valence-electron chi connectivity index (χ1n) is 19.5. The highest BCUT2D eigenvalue weighted by Crippen LogP contribution is 2.65. The van der Waals surface area contributed by atoms with Gasteiger partial charge in [0.25, 0.3) is 5.91 Å². The van der Waals surface area contributed by atoms with E-state index in [-0.39, 0.29) is 58.9 Å². The summed E-state index contributed by atoms with van der Waals surface area (Å²) in [5.41, 5.74) is -0.509. The van der Waals surface area contributed by atoms with Crippen molar-refractivity contribution in [2.24, 2.45) is 34.5 Å². The van der Waals surface area contributed by atoms with Crippen molar-refractivity contribution in [3.63, 3.8) is 0 Å². The van der Waals surface area contributed by atoms with Crippen molar-refractivity contribution in [1.29, 1.82) is 0 Å². The van der Waals surface area contributed by atoms with Gasteiger partial charge in [-0.15, -0.1) is 6.58 Å². The summed E-state index contributed by atoms with van der Waals surface area (Å²) in [6.07, 6.45) is 11.7. The lowest BCUT2D eigenvalue weighted by Gasteiger charge is -2.39. The predicted octanol–water partition coefficient (Wildman–Crippen LogP) is 3.69. The summed E-state index contributed by atoms with van der Waals surface area (Å²) in [4.78, 5) is 85.0. The van der Waals surface area contributed by atoms with E-state index >= 15 is 0 Å². The smallest absolute Gasteiger partial charge is 0.315 e. The van der Waals surface area contributed by atoms with Crippen LogP contribution in [0.25, 0.3) is 0 Å². The van der Waals surface area contributed by atoms with E-state index < -0.39 is 41.8 Å².